The third-order valence-corrected chi connectivity index (χ3v) is 7.33. The van der Waals surface area contributed by atoms with Gasteiger partial charge >= 0.3 is 5.97 Å². The number of benzene rings is 2. The first kappa shape index (κ1) is 23.6. The average molecular weight is 481 g/mol. The van der Waals surface area contributed by atoms with Crippen molar-refractivity contribution in [2.24, 2.45) is 0 Å². The number of sulfonamides is 1. The van der Waals surface area contributed by atoms with Crippen LogP contribution in [0.1, 0.15) is 28.4 Å². The maximum absolute atomic E-state index is 13.0. The van der Waals surface area contributed by atoms with Gasteiger partial charge in [0.05, 0.1) is 16.1 Å². The molecule has 1 aromatic heterocycles. The third-order valence-electron chi connectivity index (χ3n) is 5.95. The number of hydrogen-bond acceptors (Lipinski definition) is 6. The Bertz CT molecular complexity index is 1310. The van der Waals surface area contributed by atoms with Gasteiger partial charge in [-0.15, -0.1) is 0 Å². The molecule has 0 spiro atoms. The van der Waals surface area contributed by atoms with Crippen molar-refractivity contribution < 1.29 is 18.3 Å². The quantitative estimate of drug-likeness (QED) is 0.551. The second-order valence-electron chi connectivity index (χ2n) is 8.65. The zero-order valence-corrected chi connectivity index (χ0v) is 20.2. The van der Waals surface area contributed by atoms with Crippen LogP contribution in [-0.4, -0.2) is 50.2 Å². The minimum Gasteiger partial charge on any atom is -0.478 e. The van der Waals surface area contributed by atoms with E-state index in [1.165, 1.54) is 30.0 Å². The number of carboxylic acids is 1. The lowest BCUT2D eigenvalue weighted by Crippen LogP contribution is -2.52. The van der Waals surface area contributed by atoms with Gasteiger partial charge in [0.25, 0.3) is 10.0 Å². The van der Waals surface area contributed by atoms with Gasteiger partial charge in [0.1, 0.15) is 0 Å². The molecule has 0 radical (unpaired) electrons. The number of hydrogen-bond donors (Lipinski definition) is 2. The van der Waals surface area contributed by atoms with Crippen LogP contribution in [0.5, 0.6) is 0 Å². The molecule has 34 heavy (non-hydrogen) atoms. The SMILES string of the molecule is Cc1ccc(S(=O)(=O)Nc2cc(C(=O)O)cnc2N2CCN(c3cccc(C)c3)C(C)C2)cc1. The number of nitrogens with zero attached hydrogens (tertiary/aromatic N) is 3. The van der Waals surface area contributed by atoms with Gasteiger partial charge in [0, 0.05) is 37.6 Å². The molecule has 1 fully saturated rings. The van der Waals surface area contributed by atoms with Crippen LogP contribution < -0.4 is 14.5 Å². The Labute approximate surface area is 199 Å². The molecular weight excluding hydrogens is 452 g/mol. The van der Waals surface area contributed by atoms with Crippen LogP contribution in [-0.2, 0) is 10.0 Å². The summed E-state index contributed by atoms with van der Waals surface area (Å²) < 4.78 is 28.7. The molecule has 9 heteroatoms. The maximum atomic E-state index is 13.0. The molecule has 0 aliphatic carbocycles. The lowest BCUT2D eigenvalue weighted by atomic mass is 10.1. The number of rotatable bonds is 6. The zero-order valence-electron chi connectivity index (χ0n) is 19.4. The molecule has 0 saturated carbocycles. The van der Waals surface area contributed by atoms with Gasteiger partial charge in [-0.3, -0.25) is 4.72 Å². The Kier molecular flexibility index (Phi) is 6.47. The van der Waals surface area contributed by atoms with Gasteiger partial charge < -0.3 is 14.9 Å². The van der Waals surface area contributed by atoms with E-state index in [2.05, 4.69) is 46.7 Å². The van der Waals surface area contributed by atoms with Crippen LogP contribution in [0.25, 0.3) is 0 Å². The lowest BCUT2D eigenvalue weighted by Gasteiger charge is -2.42. The summed E-state index contributed by atoms with van der Waals surface area (Å²) in [6.45, 7) is 7.97. The molecule has 1 aliphatic heterocycles. The predicted octanol–water partition coefficient (Wildman–Crippen LogP) is 3.91. The van der Waals surface area contributed by atoms with Crippen LogP contribution in [0.4, 0.5) is 17.2 Å². The van der Waals surface area contributed by atoms with Crippen molar-refractivity contribution in [3.05, 3.63) is 77.5 Å². The first-order valence-electron chi connectivity index (χ1n) is 11.0. The number of aromatic nitrogens is 1. The Morgan fingerprint density at radius 1 is 1.06 bits per heavy atom. The van der Waals surface area contributed by atoms with Crippen molar-refractivity contribution in [2.45, 2.75) is 31.7 Å². The molecule has 4 rings (SSSR count). The summed E-state index contributed by atoms with van der Waals surface area (Å²) in [6, 6.07) is 16.3. The number of pyridine rings is 1. The monoisotopic (exact) mass is 480 g/mol. The van der Waals surface area contributed by atoms with Crippen molar-refractivity contribution in [3.63, 3.8) is 0 Å². The summed E-state index contributed by atoms with van der Waals surface area (Å²) >= 11 is 0. The molecule has 2 N–H and O–H groups in total. The molecule has 1 aliphatic rings. The first-order chi connectivity index (χ1) is 16.1. The highest BCUT2D eigenvalue weighted by atomic mass is 32.2. The minimum absolute atomic E-state index is 0.0863. The van der Waals surface area contributed by atoms with Crippen molar-refractivity contribution in [3.8, 4) is 0 Å². The maximum Gasteiger partial charge on any atom is 0.337 e. The van der Waals surface area contributed by atoms with Crippen molar-refractivity contribution >= 4 is 33.2 Å². The summed E-state index contributed by atoms with van der Waals surface area (Å²) in [5, 5.41) is 9.44. The van der Waals surface area contributed by atoms with Crippen LogP contribution >= 0.6 is 0 Å². The van der Waals surface area contributed by atoms with Crippen molar-refractivity contribution in [2.75, 3.05) is 34.2 Å². The number of aromatic carboxylic acids is 1. The highest BCUT2D eigenvalue weighted by molar-refractivity contribution is 7.92. The molecule has 2 heterocycles. The van der Waals surface area contributed by atoms with Gasteiger partial charge in [-0.25, -0.2) is 18.2 Å². The smallest absolute Gasteiger partial charge is 0.337 e. The van der Waals surface area contributed by atoms with Crippen LogP contribution in [0.2, 0.25) is 0 Å². The molecule has 1 atom stereocenters. The average Bonchev–Trinajstić information content (AvgIpc) is 2.79. The second kappa shape index (κ2) is 9.34. The fourth-order valence-corrected chi connectivity index (χ4v) is 5.21. The molecule has 0 amide bonds. The number of anilines is 3. The predicted molar refractivity (Wildman–Crippen MR) is 133 cm³/mol. The molecule has 1 unspecified atom stereocenters. The number of piperazine rings is 1. The summed E-state index contributed by atoms with van der Waals surface area (Å²) in [5.41, 5.74) is 3.33. The van der Waals surface area contributed by atoms with Crippen LogP contribution in [0.15, 0.2) is 65.7 Å². The van der Waals surface area contributed by atoms with Crippen molar-refractivity contribution in [1.29, 1.82) is 0 Å². The fraction of sp³-hybridized carbons (Fsp3) is 0.280. The molecule has 0 bridgehead atoms. The summed E-state index contributed by atoms with van der Waals surface area (Å²) in [7, 11) is -3.93. The Morgan fingerprint density at radius 3 is 2.44 bits per heavy atom. The first-order valence-corrected chi connectivity index (χ1v) is 12.5. The molecule has 8 nitrogen and oxygen atoms in total. The van der Waals surface area contributed by atoms with Gasteiger partial charge in [-0.1, -0.05) is 29.8 Å². The number of aryl methyl sites for hydroxylation is 2. The standard InChI is InChI=1S/C25H28N4O4S/c1-17-7-9-22(10-8-17)34(32,33)27-23-14-20(25(30)31)15-26-24(23)28-11-12-29(19(3)16-28)21-6-4-5-18(2)13-21/h4-10,13-15,19,27H,11-12,16H2,1-3H3,(H,30,31). The van der Waals surface area contributed by atoms with Crippen LogP contribution in [0.3, 0.4) is 0 Å². The topological polar surface area (TPSA) is 103 Å². The fourth-order valence-electron chi connectivity index (χ4n) is 4.16. The molecule has 2 aromatic carbocycles. The zero-order chi connectivity index (χ0) is 24.5. The van der Waals surface area contributed by atoms with Gasteiger partial charge in [-0.05, 0) is 56.7 Å². The normalized spacial score (nSPS) is 16.4. The molecule has 1 saturated heterocycles. The van der Waals surface area contributed by atoms with Crippen LogP contribution in [0, 0.1) is 13.8 Å². The van der Waals surface area contributed by atoms with E-state index in [-0.39, 0.29) is 22.2 Å². The molecule has 178 valence electrons. The van der Waals surface area contributed by atoms with Gasteiger partial charge in [0.2, 0.25) is 0 Å². The second-order valence-corrected chi connectivity index (χ2v) is 10.3. The van der Waals surface area contributed by atoms with Gasteiger partial charge in [0.15, 0.2) is 5.82 Å². The van der Waals surface area contributed by atoms with E-state index in [0.29, 0.717) is 18.9 Å². The summed E-state index contributed by atoms with van der Waals surface area (Å²) in [6.07, 6.45) is 1.26. The van der Waals surface area contributed by atoms with E-state index in [4.69, 9.17) is 0 Å². The number of nitrogens with one attached hydrogen (secondary N) is 1. The third kappa shape index (κ3) is 4.99. The van der Waals surface area contributed by atoms with Crippen molar-refractivity contribution in [1.82, 2.24) is 4.98 Å². The minimum atomic E-state index is -3.93. The van der Waals surface area contributed by atoms with Gasteiger partial charge in [-0.2, -0.15) is 0 Å². The Balaban J connectivity index is 1.63. The summed E-state index contributed by atoms with van der Waals surface area (Å²) in [5.74, 6) is -0.760. The molecular formula is C25H28N4O4S. The largest absolute Gasteiger partial charge is 0.478 e. The van der Waals surface area contributed by atoms with E-state index < -0.39 is 16.0 Å². The highest BCUT2D eigenvalue weighted by Gasteiger charge is 2.28. The lowest BCUT2D eigenvalue weighted by molar-refractivity contribution is 0.0696. The highest BCUT2D eigenvalue weighted by Crippen LogP contribution is 2.30. The Morgan fingerprint density at radius 2 is 1.79 bits per heavy atom. The van der Waals surface area contributed by atoms with E-state index in [0.717, 1.165) is 17.8 Å². The van der Waals surface area contributed by atoms with E-state index >= 15 is 0 Å². The number of carbonyl (C=O) groups is 1. The van der Waals surface area contributed by atoms with E-state index in [1.807, 2.05) is 17.9 Å². The molecule has 3 aromatic rings. The number of carboxylic acid groups (broad SMARTS) is 1. The van der Waals surface area contributed by atoms with E-state index in [9.17, 15) is 18.3 Å². The Hall–Kier alpha value is -3.59. The summed E-state index contributed by atoms with van der Waals surface area (Å²) in [4.78, 5) is 20.3. The van der Waals surface area contributed by atoms with E-state index in [1.54, 1.807) is 12.1 Å².